The highest BCUT2D eigenvalue weighted by molar-refractivity contribution is 6.46. The molecule has 1 atom stereocenters. The molecule has 2 aromatic rings. The lowest BCUT2D eigenvalue weighted by Gasteiger charge is -2.28. The summed E-state index contributed by atoms with van der Waals surface area (Å²) in [6.45, 7) is 1.12. The number of hydrogen-bond acceptors (Lipinski definition) is 6. The van der Waals surface area contributed by atoms with Crippen LogP contribution in [0.15, 0.2) is 54.1 Å². The number of amides is 1. The Bertz CT molecular complexity index is 1070. The number of rotatable bonds is 8. The molecule has 1 aliphatic rings. The average molecular weight is 453 g/mol. The zero-order valence-corrected chi connectivity index (χ0v) is 19.2. The molecule has 1 saturated heterocycles. The Morgan fingerprint density at radius 1 is 1.06 bits per heavy atom. The first-order valence-corrected chi connectivity index (χ1v) is 10.7. The molecule has 1 fully saturated rings. The van der Waals surface area contributed by atoms with Crippen LogP contribution in [0, 0.1) is 0 Å². The smallest absolute Gasteiger partial charge is 0.337 e. The second-order valence-electron chi connectivity index (χ2n) is 8.13. The van der Waals surface area contributed by atoms with Gasteiger partial charge in [-0.2, -0.15) is 0 Å². The van der Waals surface area contributed by atoms with Crippen molar-refractivity contribution < 1.29 is 33.9 Å². The fourth-order valence-electron chi connectivity index (χ4n) is 3.89. The number of esters is 1. The molecule has 3 rings (SSSR count). The second-order valence-corrected chi connectivity index (χ2v) is 8.13. The van der Waals surface area contributed by atoms with Crippen LogP contribution >= 0.6 is 0 Å². The lowest BCUT2D eigenvalue weighted by molar-refractivity contribution is -0.858. The van der Waals surface area contributed by atoms with E-state index in [1.165, 1.54) is 24.0 Å². The standard InChI is InChI=1S/C25H28N2O6/c1-26(2)13-6-14-27-21(16-9-11-17(12-10-16)25(31)33-4)20(23(29)24(27)30)22(28)18-7-5-8-19(15-18)32-3/h5,7-12,15,21,28H,6,13-14H2,1-4H3. The lowest BCUT2D eigenvalue weighted by atomic mass is 9.94. The minimum Gasteiger partial charge on any atom is -0.872 e. The van der Waals surface area contributed by atoms with Crippen molar-refractivity contribution in [1.82, 2.24) is 4.90 Å². The SMILES string of the molecule is COC(=O)c1ccc(C2C(=C([O-])c3cccc(OC)c3)C(=O)C(=O)N2CCC[NH+](C)C)cc1. The van der Waals surface area contributed by atoms with Gasteiger partial charge in [-0.15, -0.1) is 0 Å². The van der Waals surface area contributed by atoms with Crippen LogP contribution in [0.2, 0.25) is 0 Å². The van der Waals surface area contributed by atoms with E-state index in [1.807, 2.05) is 14.1 Å². The highest BCUT2D eigenvalue weighted by Crippen LogP contribution is 2.39. The molecule has 0 spiro atoms. The molecule has 174 valence electrons. The summed E-state index contributed by atoms with van der Waals surface area (Å²) in [5.74, 6) is -2.04. The first kappa shape index (κ1) is 24.0. The second kappa shape index (κ2) is 10.3. The normalized spacial score (nSPS) is 17.5. The van der Waals surface area contributed by atoms with Gasteiger partial charge in [-0.3, -0.25) is 9.59 Å². The van der Waals surface area contributed by atoms with Gasteiger partial charge in [0.25, 0.3) is 5.91 Å². The van der Waals surface area contributed by atoms with Crippen LogP contribution < -0.4 is 14.7 Å². The lowest BCUT2D eigenvalue weighted by Crippen LogP contribution is -3.05. The van der Waals surface area contributed by atoms with Crippen LogP contribution in [0.4, 0.5) is 0 Å². The summed E-state index contributed by atoms with van der Waals surface area (Å²) in [4.78, 5) is 40.5. The molecule has 1 amide bonds. The van der Waals surface area contributed by atoms with Crippen LogP contribution in [0.5, 0.6) is 5.75 Å². The third-order valence-corrected chi connectivity index (χ3v) is 5.58. The van der Waals surface area contributed by atoms with E-state index in [2.05, 4.69) is 0 Å². The number of nitrogens with zero attached hydrogens (tertiary/aromatic N) is 1. The number of hydrogen-bond donors (Lipinski definition) is 1. The van der Waals surface area contributed by atoms with Gasteiger partial charge in [0, 0.05) is 18.5 Å². The van der Waals surface area contributed by atoms with Gasteiger partial charge in [0.15, 0.2) is 0 Å². The molecule has 0 radical (unpaired) electrons. The van der Waals surface area contributed by atoms with Crippen molar-refractivity contribution in [2.75, 3.05) is 41.4 Å². The Morgan fingerprint density at radius 3 is 2.36 bits per heavy atom. The van der Waals surface area contributed by atoms with Crippen LogP contribution in [0.25, 0.3) is 5.76 Å². The molecule has 0 bridgehead atoms. The number of quaternary nitrogens is 1. The number of benzene rings is 2. The predicted octanol–water partition coefficient (Wildman–Crippen LogP) is 0.240. The van der Waals surface area contributed by atoms with Crippen molar-refractivity contribution in [2.24, 2.45) is 0 Å². The van der Waals surface area contributed by atoms with E-state index >= 15 is 0 Å². The summed E-state index contributed by atoms with van der Waals surface area (Å²) >= 11 is 0. The minimum absolute atomic E-state index is 0.101. The molecule has 33 heavy (non-hydrogen) atoms. The minimum atomic E-state index is -0.840. The van der Waals surface area contributed by atoms with Crippen molar-refractivity contribution in [3.63, 3.8) is 0 Å². The number of nitrogens with one attached hydrogen (secondary N) is 1. The number of Topliss-reactive ketones (excluding diaryl/α,β-unsaturated/α-hetero) is 1. The number of ketones is 1. The molecule has 1 N–H and O–H groups in total. The van der Waals surface area contributed by atoms with Gasteiger partial charge in [0.1, 0.15) is 5.75 Å². The highest BCUT2D eigenvalue weighted by Gasteiger charge is 2.44. The van der Waals surface area contributed by atoms with Crippen molar-refractivity contribution in [3.8, 4) is 5.75 Å². The highest BCUT2D eigenvalue weighted by atomic mass is 16.5. The van der Waals surface area contributed by atoms with Gasteiger partial charge < -0.3 is 24.4 Å². The van der Waals surface area contributed by atoms with Gasteiger partial charge in [0.05, 0.1) is 46.5 Å². The number of likely N-dealkylation sites (tertiary alicyclic amines) is 1. The van der Waals surface area contributed by atoms with Crippen molar-refractivity contribution in [3.05, 3.63) is 70.8 Å². The van der Waals surface area contributed by atoms with E-state index in [1.54, 1.807) is 48.5 Å². The van der Waals surface area contributed by atoms with Gasteiger partial charge in [-0.25, -0.2) is 4.79 Å². The molecular formula is C25H28N2O6. The van der Waals surface area contributed by atoms with Crippen LogP contribution in [-0.4, -0.2) is 64.0 Å². The average Bonchev–Trinajstić information content (AvgIpc) is 3.08. The fraction of sp³-hybridized carbons (Fsp3) is 0.320. The van der Waals surface area contributed by atoms with Crippen LogP contribution in [0.1, 0.15) is 33.9 Å². The molecule has 8 heteroatoms. The molecule has 1 aliphatic heterocycles. The van der Waals surface area contributed by atoms with Gasteiger partial charge in [-0.1, -0.05) is 30.0 Å². The predicted molar refractivity (Wildman–Crippen MR) is 119 cm³/mol. The van der Waals surface area contributed by atoms with Crippen molar-refractivity contribution in [2.45, 2.75) is 12.5 Å². The quantitative estimate of drug-likeness (QED) is 0.267. The van der Waals surface area contributed by atoms with E-state index in [-0.39, 0.29) is 11.1 Å². The van der Waals surface area contributed by atoms with E-state index in [4.69, 9.17) is 9.47 Å². The van der Waals surface area contributed by atoms with E-state index in [0.717, 1.165) is 6.54 Å². The monoisotopic (exact) mass is 452 g/mol. The van der Waals surface area contributed by atoms with Crippen molar-refractivity contribution >= 4 is 23.4 Å². The van der Waals surface area contributed by atoms with E-state index in [9.17, 15) is 19.5 Å². The summed E-state index contributed by atoms with van der Waals surface area (Å²) < 4.78 is 9.94. The van der Waals surface area contributed by atoms with E-state index < -0.39 is 29.5 Å². The van der Waals surface area contributed by atoms with E-state index in [0.29, 0.717) is 29.8 Å². The Hall–Kier alpha value is -3.65. The number of carbonyl (C=O) groups excluding carboxylic acids is 3. The molecule has 8 nitrogen and oxygen atoms in total. The summed E-state index contributed by atoms with van der Waals surface area (Å²) in [7, 11) is 6.78. The maximum absolute atomic E-state index is 13.4. The zero-order chi connectivity index (χ0) is 24.1. The molecule has 2 aromatic carbocycles. The number of methoxy groups -OCH3 is 2. The third kappa shape index (κ3) is 5.06. The molecule has 0 saturated carbocycles. The Morgan fingerprint density at radius 2 is 1.76 bits per heavy atom. The summed E-state index contributed by atoms with van der Waals surface area (Å²) in [6, 6.07) is 12.1. The molecule has 1 heterocycles. The largest absolute Gasteiger partial charge is 0.872 e. The maximum atomic E-state index is 13.4. The molecule has 0 aliphatic carbocycles. The van der Waals surface area contributed by atoms with Crippen LogP contribution in [-0.2, 0) is 14.3 Å². The first-order valence-electron chi connectivity index (χ1n) is 10.7. The first-order chi connectivity index (χ1) is 15.8. The Kier molecular flexibility index (Phi) is 7.50. The summed E-state index contributed by atoms with van der Waals surface area (Å²) in [5, 5.41) is 13.4. The van der Waals surface area contributed by atoms with Crippen LogP contribution in [0.3, 0.4) is 0 Å². The molecule has 1 unspecified atom stereocenters. The van der Waals surface area contributed by atoms with Gasteiger partial charge >= 0.3 is 5.97 Å². The molecular weight excluding hydrogens is 424 g/mol. The summed E-state index contributed by atoms with van der Waals surface area (Å²) in [6.07, 6.45) is 0.665. The topological polar surface area (TPSA) is 100 Å². The third-order valence-electron chi connectivity index (χ3n) is 5.58. The zero-order valence-electron chi connectivity index (χ0n) is 19.2. The molecule has 0 aromatic heterocycles. The summed E-state index contributed by atoms with van der Waals surface area (Å²) in [5.41, 5.74) is 1.07. The maximum Gasteiger partial charge on any atom is 0.337 e. The Labute approximate surface area is 193 Å². The van der Waals surface area contributed by atoms with Gasteiger partial charge in [0.2, 0.25) is 5.78 Å². The Balaban J connectivity index is 2.10. The fourth-order valence-corrected chi connectivity index (χ4v) is 3.89. The van der Waals surface area contributed by atoms with Gasteiger partial charge in [-0.05, 0) is 35.4 Å². The van der Waals surface area contributed by atoms with Crippen molar-refractivity contribution in [1.29, 1.82) is 0 Å². The number of carbonyl (C=O) groups is 3. The number of ether oxygens (including phenoxy) is 2.